The Morgan fingerprint density at radius 3 is 2.51 bits per heavy atom. The zero-order valence-electron chi connectivity index (χ0n) is 22.2. The molecule has 1 saturated carbocycles. The van der Waals surface area contributed by atoms with Crippen LogP contribution < -0.4 is 5.73 Å². The summed E-state index contributed by atoms with van der Waals surface area (Å²) in [6, 6.07) is 3.67. The Kier molecular flexibility index (Phi) is 6.25. The molecule has 0 bridgehead atoms. The van der Waals surface area contributed by atoms with Gasteiger partial charge in [0.15, 0.2) is 11.4 Å². The van der Waals surface area contributed by atoms with E-state index in [1.54, 1.807) is 12.3 Å². The number of carbonyl (C=O) groups excluding carboxylic acids is 3. The summed E-state index contributed by atoms with van der Waals surface area (Å²) >= 11 is 0. The number of amides is 1. The number of hydrogen-bond acceptors (Lipinski definition) is 8. The first-order valence-corrected chi connectivity index (χ1v) is 13.1. The van der Waals surface area contributed by atoms with Gasteiger partial charge < -0.3 is 30.6 Å². The van der Waals surface area contributed by atoms with Gasteiger partial charge in [-0.1, -0.05) is 20.8 Å². The third-order valence-electron chi connectivity index (χ3n) is 8.35. The minimum atomic E-state index is -2.58. The fraction of sp³-hybridized carbons (Fsp3) is 0.433. The lowest BCUT2D eigenvalue weighted by molar-refractivity contribution is -0.147. The van der Waals surface area contributed by atoms with Crippen LogP contribution in [0.2, 0.25) is 0 Å². The van der Waals surface area contributed by atoms with E-state index in [9.17, 15) is 34.8 Å². The van der Waals surface area contributed by atoms with Gasteiger partial charge in [0.05, 0.1) is 18.1 Å². The van der Waals surface area contributed by atoms with E-state index in [-0.39, 0.29) is 41.6 Å². The Hall–Kier alpha value is -3.85. The molecule has 3 aliphatic rings. The number of benzene rings is 1. The number of aromatic hydroxyl groups is 1. The van der Waals surface area contributed by atoms with Gasteiger partial charge in [-0.25, -0.2) is 0 Å². The van der Waals surface area contributed by atoms with Gasteiger partial charge in [0.2, 0.25) is 5.78 Å². The summed E-state index contributed by atoms with van der Waals surface area (Å²) in [5.41, 5.74) is 4.65. The van der Waals surface area contributed by atoms with Crippen LogP contribution in [0.1, 0.15) is 63.1 Å². The molecular weight excluding hydrogens is 502 g/mol. The van der Waals surface area contributed by atoms with E-state index in [4.69, 9.17) is 10.2 Å². The molecule has 39 heavy (non-hydrogen) atoms. The number of Topliss-reactive ketones (excluding diaryl/α,β-unsaturated/α-hetero) is 2. The minimum absolute atomic E-state index is 0.0852. The van der Waals surface area contributed by atoms with E-state index < -0.39 is 52.0 Å². The molecule has 0 unspecified atom stereocenters. The number of hydrogen-bond donors (Lipinski definition) is 5. The van der Waals surface area contributed by atoms with Gasteiger partial charge in [-0.05, 0) is 72.3 Å². The quantitative estimate of drug-likeness (QED) is 0.357. The van der Waals surface area contributed by atoms with Crippen molar-refractivity contribution in [3.8, 4) is 16.9 Å². The molecule has 3 aliphatic carbocycles. The predicted molar refractivity (Wildman–Crippen MR) is 141 cm³/mol. The summed E-state index contributed by atoms with van der Waals surface area (Å²) < 4.78 is 5.31. The van der Waals surface area contributed by atoms with Crippen LogP contribution in [0.4, 0.5) is 0 Å². The standard InChI is InChI=1S/C30H33NO8/c1-29(2,3)7-4-5-14-10-18(15-6-8-39-13-15)19-11-16-9-17-12-20(32)23(28(31)37)27(36)30(17,38)26(35)21(16)25(34)22(19)24(14)33/h6,8,10,13,16-17,33-34,36,38H,4-5,7,9,11-12H2,1-3H3,(H2,31,37)/t16-,17+,30+/m1/s1. The van der Waals surface area contributed by atoms with Gasteiger partial charge in [0.25, 0.3) is 5.91 Å². The maximum Gasteiger partial charge on any atom is 0.255 e. The molecule has 9 nitrogen and oxygen atoms in total. The molecule has 0 spiro atoms. The van der Waals surface area contributed by atoms with E-state index >= 15 is 0 Å². The number of fused-ring (bicyclic) bond motifs is 3. The number of aliphatic hydroxyl groups is 3. The first-order valence-electron chi connectivity index (χ1n) is 13.1. The van der Waals surface area contributed by atoms with Crippen molar-refractivity contribution in [3.63, 3.8) is 0 Å². The Bertz CT molecular complexity index is 1460. The summed E-state index contributed by atoms with van der Waals surface area (Å²) in [6.07, 6.45) is 5.28. The second-order valence-corrected chi connectivity index (χ2v) is 12.1. The molecule has 0 aliphatic heterocycles. The molecule has 9 heteroatoms. The number of aryl methyl sites for hydroxylation is 1. The molecule has 206 valence electrons. The zero-order valence-corrected chi connectivity index (χ0v) is 22.2. The second-order valence-electron chi connectivity index (χ2n) is 12.1. The molecule has 5 rings (SSSR count). The molecular formula is C30H33NO8. The highest BCUT2D eigenvalue weighted by molar-refractivity contribution is 6.22. The smallest absolute Gasteiger partial charge is 0.255 e. The Balaban J connectivity index is 1.67. The van der Waals surface area contributed by atoms with E-state index in [1.807, 2.05) is 6.07 Å². The second kappa shape index (κ2) is 9.12. The number of carbonyl (C=O) groups is 3. The van der Waals surface area contributed by atoms with Crippen molar-refractivity contribution in [2.45, 2.75) is 64.9 Å². The molecule has 3 atom stereocenters. The lowest BCUT2D eigenvalue weighted by Gasteiger charge is -2.46. The fourth-order valence-electron chi connectivity index (χ4n) is 6.42. The van der Waals surface area contributed by atoms with E-state index in [1.165, 1.54) is 6.26 Å². The van der Waals surface area contributed by atoms with Crippen molar-refractivity contribution in [2.24, 2.45) is 23.0 Å². The van der Waals surface area contributed by atoms with E-state index in [0.717, 1.165) is 24.0 Å². The van der Waals surface area contributed by atoms with Crippen LogP contribution in [0.25, 0.3) is 16.9 Å². The molecule has 1 aromatic heterocycles. The summed E-state index contributed by atoms with van der Waals surface area (Å²) in [7, 11) is 0. The average Bonchev–Trinajstić information content (AvgIpc) is 3.36. The Morgan fingerprint density at radius 2 is 1.90 bits per heavy atom. The van der Waals surface area contributed by atoms with Crippen molar-refractivity contribution in [1.82, 2.24) is 0 Å². The number of furan rings is 1. The predicted octanol–water partition coefficient (Wildman–Crippen LogP) is 4.05. The van der Waals surface area contributed by atoms with Crippen LogP contribution in [-0.2, 0) is 27.2 Å². The third kappa shape index (κ3) is 4.16. The molecule has 1 amide bonds. The lowest BCUT2D eigenvalue weighted by Crippen LogP contribution is -2.58. The zero-order chi connectivity index (χ0) is 28.4. The SMILES string of the molecule is CC(C)(C)CCCc1cc(-c2ccoc2)c2c(c1O)C(O)=C1C(=O)[C@]3(O)C(O)=C(C(N)=O)C(=O)C[C@@H]3C[C@@H]1C2. The van der Waals surface area contributed by atoms with Crippen molar-refractivity contribution < 1.29 is 39.2 Å². The van der Waals surface area contributed by atoms with Gasteiger partial charge in [0.1, 0.15) is 22.8 Å². The molecule has 0 saturated heterocycles. The van der Waals surface area contributed by atoms with Gasteiger partial charge in [0, 0.05) is 23.5 Å². The highest BCUT2D eigenvalue weighted by Gasteiger charge is 2.60. The van der Waals surface area contributed by atoms with Gasteiger partial charge >= 0.3 is 0 Å². The lowest BCUT2D eigenvalue weighted by atomic mass is 9.59. The third-order valence-corrected chi connectivity index (χ3v) is 8.35. The van der Waals surface area contributed by atoms with Gasteiger partial charge in [-0.15, -0.1) is 0 Å². The van der Waals surface area contributed by atoms with Crippen LogP contribution >= 0.6 is 0 Å². The van der Waals surface area contributed by atoms with Crippen molar-refractivity contribution in [2.75, 3.05) is 0 Å². The first kappa shape index (κ1) is 26.7. The summed E-state index contributed by atoms with van der Waals surface area (Å²) in [6.45, 7) is 6.39. The van der Waals surface area contributed by atoms with Crippen molar-refractivity contribution in [1.29, 1.82) is 0 Å². The minimum Gasteiger partial charge on any atom is -0.508 e. The van der Waals surface area contributed by atoms with Crippen LogP contribution in [0.3, 0.4) is 0 Å². The van der Waals surface area contributed by atoms with E-state index in [0.29, 0.717) is 17.5 Å². The number of phenols is 1. The molecule has 6 N–H and O–H groups in total. The number of nitrogens with two attached hydrogens (primary N) is 1. The van der Waals surface area contributed by atoms with Crippen LogP contribution in [0.5, 0.6) is 5.75 Å². The van der Waals surface area contributed by atoms with E-state index in [2.05, 4.69) is 20.8 Å². The maximum atomic E-state index is 13.8. The highest BCUT2D eigenvalue weighted by Crippen LogP contribution is 2.53. The van der Waals surface area contributed by atoms with Gasteiger partial charge in [-0.3, -0.25) is 14.4 Å². The topological polar surface area (TPSA) is 171 Å². The molecule has 1 fully saturated rings. The van der Waals surface area contributed by atoms with Crippen molar-refractivity contribution >= 4 is 23.2 Å². The first-order chi connectivity index (χ1) is 18.3. The largest absolute Gasteiger partial charge is 0.508 e. The molecule has 1 heterocycles. The average molecular weight is 536 g/mol. The fourth-order valence-corrected chi connectivity index (χ4v) is 6.42. The van der Waals surface area contributed by atoms with Crippen LogP contribution in [0, 0.1) is 17.3 Å². The highest BCUT2D eigenvalue weighted by atomic mass is 16.3. The molecule has 2 aromatic rings. The Morgan fingerprint density at radius 1 is 1.18 bits per heavy atom. The van der Waals surface area contributed by atoms with Crippen molar-refractivity contribution in [3.05, 3.63) is 58.3 Å². The number of ketones is 2. The Labute approximate surface area is 225 Å². The normalized spacial score (nSPS) is 24.9. The number of rotatable bonds is 5. The number of aliphatic hydroxyl groups excluding tert-OH is 2. The maximum absolute atomic E-state index is 13.8. The van der Waals surface area contributed by atoms with Crippen LogP contribution in [0.15, 0.2) is 46.0 Å². The van der Waals surface area contributed by atoms with Gasteiger partial charge in [-0.2, -0.15) is 0 Å². The summed E-state index contributed by atoms with van der Waals surface area (Å²) in [5.74, 6) is -6.30. The summed E-state index contributed by atoms with van der Waals surface area (Å²) in [4.78, 5) is 38.2. The summed E-state index contributed by atoms with van der Waals surface area (Å²) in [5, 5.41) is 45.1. The molecule has 0 radical (unpaired) electrons. The monoisotopic (exact) mass is 535 g/mol. The van der Waals surface area contributed by atoms with Crippen LogP contribution in [-0.4, -0.2) is 43.5 Å². The number of primary amides is 1. The number of phenolic OH excluding ortho intramolecular Hbond substituents is 1. The molecule has 1 aromatic carbocycles.